The summed E-state index contributed by atoms with van der Waals surface area (Å²) in [4.78, 5) is 11.4. The molecule has 0 radical (unpaired) electrons. The van der Waals surface area contributed by atoms with Gasteiger partial charge in [0.2, 0.25) is 5.88 Å². The van der Waals surface area contributed by atoms with Gasteiger partial charge in [-0.15, -0.1) is 0 Å². The fraction of sp³-hybridized carbons (Fsp3) is 0.200. The molecule has 1 N–H and O–H groups in total. The van der Waals surface area contributed by atoms with Gasteiger partial charge in [0.05, 0.1) is 18.4 Å². The highest BCUT2D eigenvalue weighted by Gasteiger charge is 2.25. The number of benzene rings is 1. The molecule has 0 aliphatic heterocycles. The Morgan fingerprint density at radius 1 is 1.38 bits per heavy atom. The van der Waals surface area contributed by atoms with E-state index >= 15 is 0 Å². The summed E-state index contributed by atoms with van der Waals surface area (Å²) >= 11 is 11.9. The number of methoxy groups -OCH3 is 1. The highest BCUT2D eigenvalue weighted by Crippen LogP contribution is 2.39. The van der Waals surface area contributed by atoms with Gasteiger partial charge in [-0.25, -0.2) is 13.9 Å². The zero-order chi connectivity index (χ0) is 19.6. The molecule has 0 aliphatic carbocycles. The van der Waals surface area contributed by atoms with Crippen LogP contribution < -0.4 is 4.74 Å². The van der Waals surface area contributed by atoms with Crippen LogP contribution in [-0.2, 0) is 16.6 Å². The molecule has 1 aromatic heterocycles. The van der Waals surface area contributed by atoms with E-state index < -0.39 is 24.3 Å². The third kappa shape index (κ3) is 3.88. The minimum atomic E-state index is -3.16. The molecule has 0 unspecified atom stereocenters. The molecule has 6 nitrogen and oxygen atoms in total. The molecule has 26 heavy (non-hydrogen) atoms. The maximum Gasteiger partial charge on any atom is 0.388 e. The molecule has 11 heteroatoms. The molecule has 0 amide bonds. The Hall–Kier alpha value is -2.39. The largest absolute Gasteiger partial charge is 0.503 e. The third-order valence-electron chi connectivity index (χ3n) is 3.21. The van der Waals surface area contributed by atoms with E-state index in [0.29, 0.717) is 0 Å². The third-order valence-corrected chi connectivity index (χ3v) is 3.86. The maximum atomic E-state index is 14.4. The van der Waals surface area contributed by atoms with Crippen LogP contribution >= 0.6 is 23.2 Å². The summed E-state index contributed by atoms with van der Waals surface area (Å²) in [5.41, 5.74) is -0.898. The second kappa shape index (κ2) is 7.88. The molecule has 0 bridgehead atoms. The number of halogens is 5. The van der Waals surface area contributed by atoms with Gasteiger partial charge in [0.15, 0.2) is 0 Å². The molecule has 1 aromatic carbocycles. The number of hydrogen-bond acceptors (Lipinski definition) is 4. The number of aryl methyl sites for hydroxylation is 1. The molecule has 2 rings (SSSR count). The van der Waals surface area contributed by atoms with Crippen LogP contribution in [0, 0.1) is 5.82 Å². The summed E-state index contributed by atoms with van der Waals surface area (Å²) in [6.07, 6.45) is 0.913. The molecule has 1 heterocycles. The van der Waals surface area contributed by atoms with Gasteiger partial charge < -0.3 is 14.6 Å². The van der Waals surface area contributed by atoms with Crippen molar-refractivity contribution in [2.24, 2.45) is 7.05 Å². The zero-order valence-electron chi connectivity index (χ0n) is 13.3. The predicted molar refractivity (Wildman–Crippen MR) is 87.9 cm³/mol. The van der Waals surface area contributed by atoms with Gasteiger partial charge in [-0.2, -0.15) is 13.9 Å². The lowest BCUT2D eigenvalue weighted by atomic mass is 10.0. The van der Waals surface area contributed by atoms with Crippen LogP contribution in [0.2, 0.25) is 10.0 Å². The van der Waals surface area contributed by atoms with Crippen molar-refractivity contribution in [2.75, 3.05) is 7.11 Å². The standard InChI is InChI=1S/C15H11Cl2F3N2O4/c1-22-13(26-15(19)20)11(17)12(21-22)7-3-6(9(16)4-10(7)18)8(5-25-2)14(23)24/h3-5,15H,1-2H3,(H,23,24). The molecule has 0 spiro atoms. The van der Waals surface area contributed by atoms with Crippen molar-refractivity contribution in [1.29, 1.82) is 0 Å². The molecule has 140 valence electrons. The summed E-state index contributed by atoms with van der Waals surface area (Å²) in [6, 6.07) is 1.94. The number of carboxylic acid groups (broad SMARTS) is 1. The Kier molecular flexibility index (Phi) is 6.04. The zero-order valence-corrected chi connectivity index (χ0v) is 14.8. The first-order chi connectivity index (χ1) is 12.2. The minimum absolute atomic E-state index is 0.0736. The number of ether oxygens (including phenoxy) is 2. The van der Waals surface area contributed by atoms with Gasteiger partial charge in [0.25, 0.3) is 0 Å². The van der Waals surface area contributed by atoms with Crippen molar-refractivity contribution in [3.63, 3.8) is 0 Å². The number of rotatable bonds is 6. The molecular formula is C15H11Cl2F3N2O4. The Morgan fingerprint density at radius 3 is 2.58 bits per heavy atom. The summed E-state index contributed by atoms with van der Waals surface area (Å²) in [7, 11) is 2.50. The van der Waals surface area contributed by atoms with Crippen LogP contribution in [0.15, 0.2) is 18.4 Å². The van der Waals surface area contributed by atoms with E-state index in [1.54, 1.807) is 0 Å². The minimum Gasteiger partial charge on any atom is -0.503 e. The summed E-state index contributed by atoms with van der Waals surface area (Å²) in [5, 5.41) is 12.6. The van der Waals surface area contributed by atoms with Gasteiger partial charge >= 0.3 is 12.6 Å². The maximum absolute atomic E-state index is 14.4. The first-order valence-corrected chi connectivity index (χ1v) is 7.56. The first-order valence-electron chi connectivity index (χ1n) is 6.80. The van der Waals surface area contributed by atoms with Crippen molar-refractivity contribution in [1.82, 2.24) is 9.78 Å². The van der Waals surface area contributed by atoms with E-state index in [9.17, 15) is 23.1 Å². The number of hydrogen-bond donors (Lipinski definition) is 1. The number of aliphatic carboxylic acids is 1. The number of carbonyl (C=O) groups is 1. The summed E-state index contributed by atoms with van der Waals surface area (Å²) < 4.78 is 49.2. The second-order valence-electron chi connectivity index (χ2n) is 4.85. The van der Waals surface area contributed by atoms with Crippen molar-refractivity contribution >= 4 is 34.7 Å². The average Bonchev–Trinajstić information content (AvgIpc) is 2.81. The molecule has 0 aliphatic rings. The van der Waals surface area contributed by atoms with Crippen LogP contribution in [0.5, 0.6) is 5.88 Å². The number of aromatic nitrogens is 2. The number of alkyl halides is 2. The molecule has 0 saturated heterocycles. The van der Waals surface area contributed by atoms with E-state index in [1.165, 1.54) is 14.2 Å². The molecular weight excluding hydrogens is 400 g/mol. The van der Waals surface area contributed by atoms with E-state index in [-0.39, 0.29) is 32.4 Å². The molecule has 0 fully saturated rings. The van der Waals surface area contributed by atoms with Crippen molar-refractivity contribution in [2.45, 2.75) is 6.61 Å². The fourth-order valence-corrected chi connectivity index (χ4v) is 2.71. The fourth-order valence-electron chi connectivity index (χ4n) is 2.15. The predicted octanol–water partition coefficient (Wildman–Crippen LogP) is 4.21. The first kappa shape index (κ1) is 19.9. The van der Waals surface area contributed by atoms with E-state index in [1.807, 2.05) is 0 Å². The lowest BCUT2D eigenvalue weighted by molar-refractivity contribution is -0.130. The van der Waals surface area contributed by atoms with E-state index in [4.69, 9.17) is 27.9 Å². The SMILES string of the molecule is COC=C(C(=O)O)c1cc(-c2nn(C)c(OC(F)F)c2Cl)c(F)cc1Cl. The van der Waals surface area contributed by atoms with E-state index in [2.05, 4.69) is 9.84 Å². The van der Waals surface area contributed by atoms with Crippen molar-refractivity contribution < 1.29 is 32.5 Å². The van der Waals surface area contributed by atoms with Gasteiger partial charge in [0, 0.05) is 18.2 Å². The van der Waals surface area contributed by atoms with Crippen molar-refractivity contribution in [3.8, 4) is 17.1 Å². The Morgan fingerprint density at radius 2 is 2.04 bits per heavy atom. The summed E-state index contributed by atoms with van der Waals surface area (Å²) in [6.45, 7) is -3.16. The monoisotopic (exact) mass is 410 g/mol. The normalized spacial score (nSPS) is 11.8. The van der Waals surface area contributed by atoms with Gasteiger partial charge in [-0.1, -0.05) is 23.2 Å². The van der Waals surface area contributed by atoms with Crippen molar-refractivity contribution in [3.05, 3.63) is 39.8 Å². The van der Waals surface area contributed by atoms with Crippen LogP contribution in [0.4, 0.5) is 13.2 Å². The number of carboxylic acids is 1. The molecule has 0 saturated carbocycles. The Bertz CT molecular complexity index is 884. The van der Waals surface area contributed by atoms with Crippen LogP contribution in [-0.4, -0.2) is 34.6 Å². The van der Waals surface area contributed by atoms with Gasteiger partial charge in [0.1, 0.15) is 22.1 Å². The van der Waals surface area contributed by atoms with E-state index in [0.717, 1.165) is 23.1 Å². The van der Waals surface area contributed by atoms with Crippen LogP contribution in [0.1, 0.15) is 5.56 Å². The smallest absolute Gasteiger partial charge is 0.388 e. The lowest BCUT2D eigenvalue weighted by Gasteiger charge is -2.09. The molecule has 2 aromatic rings. The van der Waals surface area contributed by atoms with Crippen LogP contribution in [0.3, 0.4) is 0 Å². The topological polar surface area (TPSA) is 73.6 Å². The highest BCUT2D eigenvalue weighted by atomic mass is 35.5. The number of nitrogens with zero attached hydrogens (tertiary/aromatic N) is 2. The Balaban J connectivity index is 2.67. The summed E-state index contributed by atoms with van der Waals surface area (Å²) in [5.74, 6) is -2.73. The van der Waals surface area contributed by atoms with Crippen LogP contribution in [0.25, 0.3) is 16.8 Å². The lowest BCUT2D eigenvalue weighted by Crippen LogP contribution is -2.06. The quantitative estimate of drug-likeness (QED) is 0.570. The average molecular weight is 411 g/mol. The molecule has 0 atom stereocenters. The van der Waals surface area contributed by atoms with Gasteiger partial charge in [-0.3, -0.25) is 0 Å². The van der Waals surface area contributed by atoms with Gasteiger partial charge in [-0.05, 0) is 12.1 Å². The Labute approximate surface area is 155 Å². The second-order valence-corrected chi connectivity index (χ2v) is 5.64. The highest BCUT2D eigenvalue weighted by molar-refractivity contribution is 6.35.